The van der Waals surface area contributed by atoms with Crippen LogP contribution in [0.1, 0.15) is 25.3 Å². The van der Waals surface area contributed by atoms with Gasteiger partial charge in [0.15, 0.2) is 0 Å². The van der Waals surface area contributed by atoms with Crippen molar-refractivity contribution in [1.82, 2.24) is 10.3 Å². The average Bonchev–Trinajstić information content (AvgIpc) is 2.62. The first-order valence-electron chi connectivity index (χ1n) is 8.46. The number of pyridine rings is 1. The van der Waals surface area contributed by atoms with Crippen molar-refractivity contribution in [3.05, 3.63) is 54.2 Å². The number of aromatic nitrogens is 1. The van der Waals surface area contributed by atoms with Crippen LogP contribution in [0.4, 0.5) is 5.82 Å². The van der Waals surface area contributed by atoms with Gasteiger partial charge < -0.3 is 15.0 Å². The lowest BCUT2D eigenvalue weighted by Gasteiger charge is -2.33. The Bertz CT molecular complexity index is 595. The molecule has 1 aromatic carbocycles. The summed E-state index contributed by atoms with van der Waals surface area (Å²) in [7, 11) is 0. The first-order chi connectivity index (χ1) is 11.3. The second-order valence-electron chi connectivity index (χ2n) is 5.91. The molecule has 1 aliphatic rings. The normalized spacial score (nSPS) is 15.6. The van der Waals surface area contributed by atoms with Crippen molar-refractivity contribution < 1.29 is 4.74 Å². The van der Waals surface area contributed by atoms with Crippen LogP contribution in [0.5, 0.6) is 5.75 Å². The zero-order valence-electron chi connectivity index (χ0n) is 13.7. The first kappa shape index (κ1) is 15.8. The van der Waals surface area contributed by atoms with Crippen LogP contribution in [0.2, 0.25) is 0 Å². The van der Waals surface area contributed by atoms with Gasteiger partial charge in [-0.05, 0) is 49.6 Å². The van der Waals surface area contributed by atoms with E-state index in [2.05, 4.69) is 45.5 Å². The Morgan fingerprint density at radius 3 is 2.78 bits per heavy atom. The summed E-state index contributed by atoms with van der Waals surface area (Å²) in [5.74, 6) is 2.05. The van der Waals surface area contributed by atoms with E-state index < -0.39 is 0 Å². The third-order valence-corrected chi connectivity index (χ3v) is 4.27. The molecule has 0 bridgehead atoms. The molecule has 0 amide bonds. The molecule has 1 aromatic heterocycles. The van der Waals surface area contributed by atoms with E-state index in [1.54, 1.807) is 0 Å². The molecule has 0 unspecified atom stereocenters. The van der Waals surface area contributed by atoms with Gasteiger partial charge >= 0.3 is 0 Å². The molecule has 0 radical (unpaired) electrons. The Kier molecular flexibility index (Phi) is 5.48. The molecule has 122 valence electrons. The van der Waals surface area contributed by atoms with Gasteiger partial charge in [0, 0.05) is 31.9 Å². The zero-order chi connectivity index (χ0) is 15.9. The van der Waals surface area contributed by atoms with Gasteiger partial charge in [-0.15, -0.1) is 0 Å². The Balaban J connectivity index is 1.47. The van der Waals surface area contributed by atoms with Gasteiger partial charge in [-0.1, -0.05) is 18.2 Å². The van der Waals surface area contributed by atoms with E-state index in [1.165, 1.54) is 5.56 Å². The number of anilines is 1. The van der Waals surface area contributed by atoms with Gasteiger partial charge in [-0.3, -0.25) is 0 Å². The number of piperidine rings is 1. The van der Waals surface area contributed by atoms with Gasteiger partial charge in [0.2, 0.25) is 0 Å². The van der Waals surface area contributed by atoms with E-state index >= 15 is 0 Å². The molecule has 0 spiro atoms. The molecule has 3 rings (SSSR count). The first-order valence-corrected chi connectivity index (χ1v) is 8.46. The van der Waals surface area contributed by atoms with Crippen molar-refractivity contribution in [1.29, 1.82) is 0 Å². The molecular weight excluding hydrogens is 286 g/mol. The second-order valence-corrected chi connectivity index (χ2v) is 5.91. The van der Waals surface area contributed by atoms with Crippen LogP contribution in [0.3, 0.4) is 0 Å². The summed E-state index contributed by atoms with van der Waals surface area (Å²) >= 11 is 0. The van der Waals surface area contributed by atoms with Crippen LogP contribution < -0.4 is 15.0 Å². The number of benzene rings is 1. The van der Waals surface area contributed by atoms with Crippen LogP contribution in [-0.2, 0) is 6.54 Å². The minimum Gasteiger partial charge on any atom is -0.494 e. The molecule has 1 aliphatic heterocycles. The maximum absolute atomic E-state index is 5.56. The molecule has 0 saturated carbocycles. The van der Waals surface area contributed by atoms with Crippen LogP contribution in [0.15, 0.2) is 48.7 Å². The summed E-state index contributed by atoms with van der Waals surface area (Å²) in [6.45, 7) is 5.75. The molecule has 2 aromatic rings. The Morgan fingerprint density at radius 2 is 2.04 bits per heavy atom. The topological polar surface area (TPSA) is 37.4 Å². The zero-order valence-corrected chi connectivity index (χ0v) is 13.7. The number of ether oxygens (including phenoxy) is 1. The quantitative estimate of drug-likeness (QED) is 0.889. The SMILES string of the molecule is CCOc1cccc(CNC2CCN(c3ccccn3)CC2)c1. The fourth-order valence-electron chi connectivity index (χ4n) is 3.03. The third-order valence-electron chi connectivity index (χ3n) is 4.27. The van der Waals surface area contributed by atoms with Gasteiger partial charge in [0.25, 0.3) is 0 Å². The summed E-state index contributed by atoms with van der Waals surface area (Å²) in [6, 6.07) is 15.0. The van der Waals surface area contributed by atoms with Crippen molar-refractivity contribution in [2.24, 2.45) is 0 Å². The van der Waals surface area contributed by atoms with Crippen LogP contribution in [0, 0.1) is 0 Å². The average molecular weight is 311 g/mol. The van der Waals surface area contributed by atoms with Crippen molar-refractivity contribution in [3.8, 4) is 5.75 Å². The van der Waals surface area contributed by atoms with Gasteiger partial charge in [-0.25, -0.2) is 4.98 Å². The smallest absolute Gasteiger partial charge is 0.128 e. The molecule has 1 saturated heterocycles. The minimum absolute atomic E-state index is 0.575. The number of nitrogens with zero attached hydrogens (tertiary/aromatic N) is 2. The highest BCUT2D eigenvalue weighted by Gasteiger charge is 2.19. The Labute approximate surface area is 138 Å². The summed E-state index contributed by atoms with van der Waals surface area (Å²) in [4.78, 5) is 6.81. The fourth-order valence-corrected chi connectivity index (χ4v) is 3.03. The number of hydrogen-bond donors (Lipinski definition) is 1. The summed E-state index contributed by atoms with van der Waals surface area (Å²) in [5, 5.41) is 3.68. The lowest BCUT2D eigenvalue weighted by molar-refractivity contribution is 0.339. The molecule has 1 fully saturated rings. The molecular formula is C19H25N3O. The van der Waals surface area contributed by atoms with Crippen molar-refractivity contribution >= 4 is 5.82 Å². The second kappa shape index (κ2) is 7.97. The highest BCUT2D eigenvalue weighted by Crippen LogP contribution is 2.18. The number of hydrogen-bond acceptors (Lipinski definition) is 4. The summed E-state index contributed by atoms with van der Waals surface area (Å²) in [5.41, 5.74) is 1.28. The predicted octanol–water partition coefficient (Wildman–Crippen LogP) is 3.24. The molecule has 0 aliphatic carbocycles. The summed E-state index contributed by atoms with van der Waals surface area (Å²) < 4.78 is 5.56. The lowest BCUT2D eigenvalue weighted by atomic mass is 10.0. The monoisotopic (exact) mass is 311 g/mol. The molecule has 23 heavy (non-hydrogen) atoms. The standard InChI is InChI=1S/C19H25N3O/c1-2-23-18-7-5-6-16(14-18)15-21-17-9-12-22(13-10-17)19-8-3-4-11-20-19/h3-8,11,14,17,21H,2,9-10,12-13,15H2,1H3. The van der Waals surface area contributed by atoms with E-state index in [0.29, 0.717) is 12.6 Å². The van der Waals surface area contributed by atoms with E-state index in [-0.39, 0.29) is 0 Å². The van der Waals surface area contributed by atoms with E-state index in [1.807, 2.05) is 25.3 Å². The van der Waals surface area contributed by atoms with E-state index in [9.17, 15) is 0 Å². The van der Waals surface area contributed by atoms with Crippen LogP contribution in [0.25, 0.3) is 0 Å². The largest absolute Gasteiger partial charge is 0.494 e. The van der Waals surface area contributed by atoms with E-state index in [4.69, 9.17) is 4.74 Å². The molecule has 2 heterocycles. The number of nitrogens with one attached hydrogen (secondary N) is 1. The Morgan fingerprint density at radius 1 is 1.17 bits per heavy atom. The van der Waals surface area contributed by atoms with Crippen molar-refractivity contribution in [3.63, 3.8) is 0 Å². The van der Waals surface area contributed by atoms with Gasteiger partial charge in [0.1, 0.15) is 11.6 Å². The Hall–Kier alpha value is -2.07. The minimum atomic E-state index is 0.575. The van der Waals surface area contributed by atoms with Crippen LogP contribution >= 0.6 is 0 Å². The molecule has 4 nitrogen and oxygen atoms in total. The highest BCUT2D eigenvalue weighted by atomic mass is 16.5. The third kappa shape index (κ3) is 4.45. The maximum atomic E-state index is 5.56. The maximum Gasteiger partial charge on any atom is 0.128 e. The summed E-state index contributed by atoms with van der Waals surface area (Å²) in [6.07, 6.45) is 4.18. The van der Waals surface area contributed by atoms with Crippen LogP contribution in [-0.4, -0.2) is 30.7 Å². The number of rotatable bonds is 6. The van der Waals surface area contributed by atoms with E-state index in [0.717, 1.165) is 44.0 Å². The van der Waals surface area contributed by atoms with Gasteiger partial charge in [0.05, 0.1) is 6.61 Å². The van der Waals surface area contributed by atoms with Crippen molar-refractivity contribution in [2.45, 2.75) is 32.4 Å². The molecule has 1 N–H and O–H groups in total. The molecule has 0 atom stereocenters. The molecule has 4 heteroatoms. The fraction of sp³-hybridized carbons (Fsp3) is 0.421. The van der Waals surface area contributed by atoms with Gasteiger partial charge in [-0.2, -0.15) is 0 Å². The lowest BCUT2D eigenvalue weighted by Crippen LogP contribution is -2.42. The predicted molar refractivity (Wildman–Crippen MR) is 93.9 cm³/mol. The van der Waals surface area contributed by atoms with Crippen molar-refractivity contribution in [2.75, 3.05) is 24.6 Å². The highest BCUT2D eigenvalue weighted by molar-refractivity contribution is 5.38.